The molecule has 0 aliphatic heterocycles. The summed E-state index contributed by atoms with van der Waals surface area (Å²) in [6, 6.07) is 0. The van der Waals surface area contributed by atoms with Gasteiger partial charge in [0.1, 0.15) is 0 Å². The van der Waals surface area contributed by atoms with Crippen molar-refractivity contribution in [2.45, 2.75) is 26.7 Å². The number of amides is 1. The van der Waals surface area contributed by atoms with E-state index in [4.69, 9.17) is 11.6 Å². The molecule has 3 heteroatoms. The molecule has 0 aromatic carbocycles. The average Bonchev–Trinajstić information content (AvgIpc) is 2.09. The maximum atomic E-state index is 11.1. The van der Waals surface area contributed by atoms with E-state index in [2.05, 4.69) is 19.2 Å². The van der Waals surface area contributed by atoms with Crippen molar-refractivity contribution in [3.05, 3.63) is 12.2 Å². The second-order valence-electron chi connectivity index (χ2n) is 3.36. The van der Waals surface area contributed by atoms with Gasteiger partial charge < -0.3 is 5.32 Å². The highest BCUT2D eigenvalue weighted by atomic mass is 35.5. The third-order valence-corrected chi connectivity index (χ3v) is 1.80. The number of halogens is 1. The average molecular weight is 204 g/mol. The van der Waals surface area contributed by atoms with E-state index in [0.717, 1.165) is 6.42 Å². The molecule has 0 aromatic rings. The molecule has 0 aliphatic rings. The summed E-state index contributed by atoms with van der Waals surface area (Å²) in [5, 5.41) is 2.79. The topological polar surface area (TPSA) is 29.1 Å². The lowest BCUT2D eigenvalue weighted by Crippen LogP contribution is -2.23. The molecular formula is C10H18ClNO. The van der Waals surface area contributed by atoms with Crippen LogP contribution >= 0.6 is 11.6 Å². The van der Waals surface area contributed by atoms with Crippen molar-refractivity contribution in [2.24, 2.45) is 5.92 Å². The van der Waals surface area contributed by atoms with Gasteiger partial charge in [-0.1, -0.05) is 26.0 Å². The van der Waals surface area contributed by atoms with Crippen molar-refractivity contribution in [2.75, 3.05) is 12.4 Å². The molecule has 0 rings (SSSR count). The molecule has 0 spiro atoms. The van der Waals surface area contributed by atoms with Crippen LogP contribution in [0.2, 0.25) is 0 Å². The summed E-state index contributed by atoms with van der Waals surface area (Å²) in [6.07, 6.45) is 5.25. The van der Waals surface area contributed by atoms with Crippen molar-refractivity contribution < 1.29 is 4.79 Å². The minimum atomic E-state index is 0.118. The van der Waals surface area contributed by atoms with E-state index in [1.54, 1.807) is 0 Å². The van der Waals surface area contributed by atoms with Gasteiger partial charge in [-0.2, -0.15) is 0 Å². The first-order valence-electron chi connectivity index (χ1n) is 4.64. The Labute approximate surface area is 85.3 Å². The normalized spacial score (nSPS) is 11.1. The van der Waals surface area contributed by atoms with Crippen LogP contribution in [-0.2, 0) is 4.79 Å². The molecule has 0 unspecified atom stereocenters. The van der Waals surface area contributed by atoms with E-state index in [9.17, 15) is 4.79 Å². The number of hydrogen-bond donors (Lipinski definition) is 1. The lowest BCUT2D eigenvalue weighted by molar-refractivity contribution is -0.121. The minimum absolute atomic E-state index is 0.118. The van der Waals surface area contributed by atoms with Gasteiger partial charge in [0, 0.05) is 18.8 Å². The van der Waals surface area contributed by atoms with E-state index >= 15 is 0 Å². The highest BCUT2D eigenvalue weighted by Gasteiger charge is 2.00. The molecule has 0 heterocycles. The summed E-state index contributed by atoms with van der Waals surface area (Å²) in [4.78, 5) is 11.1. The van der Waals surface area contributed by atoms with Gasteiger partial charge in [-0.15, -0.1) is 11.6 Å². The number of carbonyl (C=O) groups excluding carboxylic acids is 1. The van der Waals surface area contributed by atoms with Crippen molar-refractivity contribution in [1.29, 1.82) is 0 Å². The highest BCUT2D eigenvalue weighted by molar-refractivity contribution is 6.18. The molecule has 0 aliphatic carbocycles. The van der Waals surface area contributed by atoms with Gasteiger partial charge in [-0.25, -0.2) is 0 Å². The molecule has 2 nitrogen and oxygen atoms in total. The van der Waals surface area contributed by atoms with Crippen LogP contribution in [0.4, 0.5) is 0 Å². The first-order chi connectivity index (χ1) is 6.16. The first-order valence-corrected chi connectivity index (χ1v) is 5.18. The fraction of sp³-hybridized carbons (Fsp3) is 0.700. The van der Waals surface area contributed by atoms with E-state index in [1.165, 1.54) is 0 Å². The minimum Gasteiger partial charge on any atom is -0.353 e. The van der Waals surface area contributed by atoms with Crippen LogP contribution < -0.4 is 5.32 Å². The molecule has 0 atom stereocenters. The van der Waals surface area contributed by atoms with Gasteiger partial charge >= 0.3 is 0 Å². The number of rotatable bonds is 6. The fourth-order valence-electron chi connectivity index (χ4n) is 0.827. The van der Waals surface area contributed by atoms with E-state index < -0.39 is 0 Å². The van der Waals surface area contributed by atoms with Crippen LogP contribution in [0.25, 0.3) is 0 Å². The summed E-state index contributed by atoms with van der Waals surface area (Å²) >= 11 is 5.42. The van der Waals surface area contributed by atoms with Crippen molar-refractivity contribution in [3.63, 3.8) is 0 Å². The van der Waals surface area contributed by atoms with Crippen LogP contribution in [-0.4, -0.2) is 18.3 Å². The van der Waals surface area contributed by atoms with Crippen LogP contribution in [0.15, 0.2) is 12.2 Å². The number of allylic oxidation sites excluding steroid dienone is 1. The molecule has 0 saturated heterocycles. The molecule has 1 amide bonds. The molecule has 0 radical (unpaired) electrons. The lowest BCUT2D eigenvalue weighted by Gasteiger charge is -2.04. The molecule has 76 valence electrons. The van der Waals surface area contributed by atoms with E-state index in [1.807, 2.05) is 12.2 Å². The maximum absolute atomic E-state index is 11.1. The Kier molecular flexibility index (Phi) is 7.80. The Morgan fingerprint density at radius 1 is 1.46 bits per heavy atom. The second kappa shape index (κ2) is 8.11. The first kappa shape index (κ1) is 12.5. The molecule has 0 bridgehead atoms. The van der Waals surface area contributed by atoms with Gasteiger partial charge in [-0.3, -0.25) is 4.79 Å². The second-order valence-corrected chi connectivity index (χ2v) is 3.67. The number of alkyl halides is 1. The summed E-state index contributed by atoms with van der Waals surface area (Å²) in [5.41, 5.74) is 0. The Balaban J connectivity index is 3.35. The van der Waals surface area contributed by atoms with Crippen molar-refractivity contribution >= 4 is 17.5 Å². The summed E-state index contributed by atoms with van der Waals surface area (Å²) in [7, 11) is 0. The molecule has 13 heavy (non-hydrogen) atoms. The quantitative estimate of drug-likeness (QED) is 0.521. The Bertz CT molecular complexity index is 166. The van der Waals surface area contributed by atoms with Crippen molar-refractivity contribution in [1.82, 2.24) is 5.32 Å². The van der Waals surface area contributed by atoms with Gasteiger partial charge in [0.25, 0.3) is 0 Å². The number of nitrogens with one attached hydrogen (secondary N) is 1. The standard InChI is InChI=1S/C10H18ClNO/c1-9(2)5-6-10(13)12-8-4-3-7-11/h3-4,9H,5-8H2,1-2H3,(H,12,13)/b4-3+. The van der Waals surface area contributed by atoms with Gasteiger partial charge in [0.2, 0.25) is 5.91 Å². The Morgan fingerprint density at radius 3 is 2.69 bits per heavy atom. The van der Waals surface area contributed by atoms with E-state index in [-0.39, 0.29) is 5.91 Å². The van der Waals surface area contributed by atoms with E-state index in [0.29, 0.717) is 24.8 Å². The SMILES string of the molecule is CC(C)CCC(=O)NC/C=C/CCl. The summed E-state index contributed by atoms with van der Waals surface area (Å²) in [5.74, 6) is 1.21. The third-order valence-electron chi connectivity index (χ3n) is 1.62. The molecule has 0 fully saturated rings. The van der Waals surface area contributed by atoms with Crippen LogP contribution in [0, 0.1) is 5.92 Å². The molecular weight excluding hydrogens is 186 g/mol. The Morgan fingerprint density at radius 2 is 2.15 bits per heavy atom. The van der Waals surface area contributed by atoms with Crippen LogP contribution in [0.5, 0.6) is 0 Å². The zero-order chi connectivity index (χ0) is 10.1. The maximum Gasteiger partial charge on any atom is 0.220 e. The predicted octanol–water partition coefficient (Wildman–Crippen LogP) is 2.33. The van der Waals surface area contributed by atoms with Crippen LogP contribution in [0.3, 0.4) is 0 Å². The zero-order valence-electron chi connectivity index (χ0n) is 8.35. The van der Waals surface area contributed by atoms with Gasteiger partial charge in [0.05, 0.1) is 0 Å². The van der Waals surface area contributed by atoms with Gasteiger partial charge in [0.15, 0.2) is 0 Å². The van der Waals surface area contributed by atoms with Crippen molar-refractivity contribution in [3.8, 4) is 0 Å². The largest absolute Gasteiger partial charge is 0.353 e. The van der Waals surface area contributed by atoms with Gasteiger partial charge in [-0.05, 0) is 12.3 Å². The predicted molar refractivity (Wildman–Crippen MR) is 56.9 cm³/mol. The zero-order valence-corrected chi connectivity index (χ0v) is 9.10. The number of carbonyl (C=O) groups is 1. The number of hydrogen-bond acceptors (Lipinski definition) is 1. The monoisotopic (exact) mass is 203 g/mol. The summed E-state index contributed by atoms with van der Waals surface area (Å²) < 4.78 is 0. The molecule has 0 aromatic heterocycles. The smallest absolute Gasteiger partial charge is 0.220 e. The van der Waals surface area contributed by atoms with Crippen LogP contribution in [0.1, 0.15) is 26.7 Å². The molecule has 1 N–H and O–H groups in total. The molecule has 0 saturated carbocycles. The summed E-state index contributed by atoms with van der Waals surface area (Å²) in [6.45, 7) is 4.81. The lowest BCUT2D eigenvalue weighted by atomic mass is 10.1. The third kappa shape index (κ3) is 9.41. The Hall–Kier alpha value is -0.500. The highest BCUT2D eigenvalue weighted by Crippen LogP contribution is 2.02. The fourth-order valence-corrected chi connectivity index (χ4v) is 0.953.